The fraction of sp³-hybridized carbons (Fsp3) is 0.333. The quantitative estimate of drug-likeness (QED) is 0.854. The second-order valence-electron chi connectivity index (χ2n) is 3.89. The third-order valence-corrected chi connectivity index (χ3v) is 2.65. The minimum Gasteiger partial charge on any atom is -0.381 e. The first kappa shape index (κ1) is 10.7. The van der Waals surface area contributed by atoms with Gasteiger partial charge in [-0.05, 0) is 31.0 Å². The average Bonchev–Trinajstić information content (AvgIpc) is 2.62. The van der Waals surface area contributed by atoms with Gasteiger partial charge < -0.3 is 5.73 Å². The summed E-state index contributed by atoms with van der Waals surface area (Å²) >= 11 is 0. The van der Waals surface area contributed by atoms with E-state index in [0.717, 1.165) is 24.2 Å². The minimum absolute atomic E-state index is 0.484. The number of hydrogen-bond donors (Lipinski definition) is 1. The molecule has 2 rings (SSSR count). The average molecular weight is 216 g/mol. The maximum absolute atomic E-state index is 5.66. The molecular formula is C12H16N4. The Morgan fingerprint density at radius 1 is 1.25 bits per heavy atom. The van der Waals surface area contributed by atoms with E-state index in [1.807, 2.05) is 19.1 Å². The van der Waals surface area contributed by atoms with Crippen molar-refractivity contribution in [2.45, 2.75) is 26.7 Å². The van der Waals surface area contributed by atoms with Crippen LogP contribution in [0, 0.1) is 6.92 Å². The van der Waals surface area contributed by atoms with E-state index in [4.69, 9.17) is 5.73 Å². The SMILES string of the molecule is CCCc1ccc(-n2nnc(N)c2C)cc1. The molecule has 0 spiro atoms. The molecule has 0 atom stereocenters. The van der Waals surface area contributed by atoms with Crippen molar-refractivity contribution in [1.82, 2.24) is 15.0 Å². The first-order valence-electron chi connectivity index (χ1n) is 5.49. The number of aromatic nitrogens is 3. The molecule has 4 heteroatoms. The maximum atomic E-state index is 5.66. The lowest BCUT2D eigenvalue weighted by Crippen LogP contribution is -1.99. The summed E-state index contributed by atoms with van der Waals surface area (Å²) in [7, 11) is 0. The molecule has 0 bridgehead atoms. The van der Waals surface area contributed by atoms with Gasteiger partial charge in [-0.1, -0.05) is 30.7 Å². The van der Waals surface area contributed by atoms with Crippen LogP contribution in [0.2, 0.25) is 0 Å². The van der Waals surface area contributed by atoms with Crippen molar-refractivity contribution < 1.29 is 0 Å². The van der Waals surface area contributed by atoms with E-state index in [1.54, 1.807) is 4.68 Å². The number of aryl methyl sites for hydroxylation is 1. The molecule has 16 heavy (non-hydrogen) atoms. The third-order valence-electron chi connectivity index (χ3n) is 2.65. The minimum atomic E-state index is 0.484. The molecule has 4 nitrogen and oxygen atoms in total. The summed E-state index contributed by atoms with van der Waals surface area (Å²) in [4.78, 5) is 0. The molecule has 0 radical (unpaired) electrons. The first-order chi connectivity index (χ1) is 7.72. The molecule has 2 N–H and O–H groups in total. The van der Waals surface area contributed by atoms with Crippen LogP contribution >= 0.6 is 0 Å². The van der Waals surface area contributed by atoms with Crippen molar-refractivity contribution in [2.24, 2.45) is 0 Å². The van der Waals surface area contributed by atoms with Crippen LogP contribution < -0.4 is 5.73 Å². The van der Waals surface area contributed by atoms with E-state index in [0.29, 0.717) is 5.82 Å². The molecule has 0 amide bonds. The van der Waals surface area contributed by atoms with Crippen molar-refractivity contribution in [3.8, 4) is 5.69 Å². The van der Waals surface area contributed by atoms with Gasteiger partial charge >= 0.3 is 0 Å². The number of nitrogens with zero attached hydrogens (tertiary/aromatic N) is 3. The number of hydrogen-bond acceptors (Lipinski definition) is 3. The van der Waals surface area contributed by atoms with E-state index in [2.05, 4.69) is 29.4 Å². The van der Waals surface area contributed by atoms with Crippen molar-refractivity contribution in [2.75, 3.05) is 5.73 Å². The van der Waals surface area contributed by atoms with Gasteiger partial charge in [0.25, 0.3) is 0 Å². The Kier molecular flexibility index (Phi) is 2.90. The molecular weight excluding hydrogens is 200 g/mol. The summed E-state index contributed by atoms with van der Waals surface area (Å²) in [5.41, 5.74) is 8.89. The van der Waals surface area contributed by atoms with Gasteiger partial charge in [-0.2, -0.15) is 0 Å². The highest BCUT2D eigenvalue weighted by molar-refractivity contribution is 5.41. The zero-order chi connectivity index (χ0) is 11.5. The Balaban J connectivity index is 2.31. The second-order valence-corrected chi connectivity index (χ2v) is 3.89. The highest BCUT2D eigenvalue weighted by Gasteiger charge is 2.06. The van der Waals surface area contributed by atoms with Crippen LogP contribution in [0.5, 0.6) is 0 Å². The monoisotopic (exact) mass is 216 g/mol. The lowest BCUT2D eigenvalue weighted by molar-refractivity contribution is 0.784. The van der Waals surface area contributed by atoms with Gasteiger partial charge in [-0.3, -0.25) is 0 Å². The fourth-order valence-electron chi connectivity index (χ4n) is 1.68. The standard InChI is InChI=1S/C12H16N4/c1-3-4-10-5-7-11(8-6-10)16-9(2)12(13)14-15-16/h5-8H,3-4,13H2,1-2H3. The van der Waals surface area contributed by atoms with E-state index in [1.165, 1.54) is 5.56 Å². The van der Waals surface area contributed by atoms with Gasteiger partial charge in [0, 0.05) is 0 Å². The van der Waals surface area contributed by atoms with Crippen molar-refractivity contribution in [3.05, 3.63) is 35.5 Å². The lowest BCUT2D eigenvalue weighted by atomic mass is 10.1. The van der Waals surface area contributed by atoms with E-state index in [-0.39, 0.29) is 0 Å². The molecule has 0 aliphatic carbocycles. The molecule has 0 aliphatic heterocycles. The van der Waals surface area contributed by atoms with Crippen LogP contribution in [0.3, 0.4) is 0 Å². The van der Waals surface area contributed by atoms with Gasteiger partial charge in [0.15, 0.2) is 5.82 Å². The molecule has 0 saturated heterocycles. The molecule has 1 heterocycles. The van der Waals surface area contributed by atoms with Crippen molar-refractivity contribution >= 4 is 5.82 Å². The summed E-state index contributed by atoms with van der Waals surface area (Å²) in [6.45, 7) is 4.09. The maximum Gasteiger partial charge on any atom is 0.169 e. The largest absolute Gasteiger partial charge is 0.381 e. The molecule has 0 saturated carbocycles. The van der Waals surface area contributed by atoms with E-state index >= 15 is 0 Å². The molecule has 84 valence electrons. The van der Waals surface area contributed by atoms with Gasteiger partial charge in [-0.15, -0.1) is 5.10 Å². The number of benzene rings is 1. The van der Waals surface area contributed by atoms with Crippen LogP contribution in [0.1, 0.15) is 24.6 Å². The zero-order valence-electron chi connectivity index (χ0n) is 9.64. The molecule has 0 unspecified atom stereocenters. The highest BCUT2D eigenvalue weighted by Crippen LogP contribution is 2.14. The van der Waals surface area contributed by atoms with E-state index < -0.39 is 0 Å². The molecule has 1 aromatic carbocycles. The topological polar surface area (TPSA) is 56.7 Å². The van der Waals surface area contributed by atoms with Crippen LogP contribution in [0.15, 0.2) is 24.3 Å². The van der Waals surface area contributed by atoms with Crippen LogP contribution in [-0.2, 0) is 6.42 Å². The van der Waals surface area contributed by atoms with Gasteiger partial charge in [0.05, 0.1) is 11.4 Å². The number of anilines is 1. The smallest absolute Gasteiger partial charge is 0.169 e. The van der Waals surface area contributed by atoms with Crippen molar-refractivity contribution in [3.63, 3.8) is 0 Å². The number of nitrogen functional groups attached to an aromatic ring is 1. The van der Waals surface area contributed by atoms with Gasteiger partial charge in [0.1, 0.15) is 0 Å². The Morgan fingerprint density at radius 3 is 2.44 bits per heavy atom. The van der Waals surface area contributed by atoms with Crippen LogP contribution in [-0.4, -0.2) is 15.0 Å². The molecule has 1 aromatic heterocycles. The van der Waals surface area contributed by atoms with Gasteiger partial charge in [-0.25, -0.2) is 4.68 Å². The Morgan fingerprint density at radius 2 is 1.94 bits per heavy atom. The predicted octanol–water partition coefficient (Wildman–Crippen LogP) is 2.11. The number of nitrogens with two attached hydrogens (primary N) is 1. The molecule has 0 aliphatic rings. The first-order valence-corrected chi connectivity index (χ1v) is 5.49. The highest BCUT2D eigenvalue weighted by atomic mass is 15.4. The Bertz CT molecular complexity index is 470. The molecule has 2 aromatic rings. The molecule has 0 fully saturated rings. The van der Waals surface area contributed by atoms with Gasteiger partial charge in [0.2, 0.25) is 0 Å². The normalized spacial score (nSPS) is 10.6. The Hall–Kier alpha value is -1.84. The van der Waals surface area contributed by atoms with E-state index in [9.17, 15) is 0 Å². The summed E-state index contributed by atoms with van der Waals surface area (Å²) in [5.74, 6) is 0.484. The van der Waals surface area contributed by atoms with Crippen LogP contribution in [0.4, 0.5) is 5.82 Å². The number of rotatable bonds is 3. The zero-order valence-corrected chi connectivity index (χ0v) is 9.64. The third kappa shape index (κ3) is 1.91. The fourth-order valence-corrected chi connectivity index (χ4v) is 1.68. The summed E-state index contributed by atoms with van der Waals surface area (Å²) in [6.07, 6.45) is 2.27. The Labute approximate surface area is 95.1 Å². The lowest BCUT2D eigenvalue weighted by Gasteiger charge is -2.04. The summed E-state index contributed by atoms with van der Waals surface area (Å²) < 4.78 is 1.76. The van der Waals surface area contributed by atoms with Crippen LogP contribution in [0.25, 0.3) is 5.69 Å². The summed E-state index contributed by atoms with van der Waals surface area (Å²) in [5, 5.41) is 7.84. The van der Waals surface area contributed by atoms with Crippen molar-refractivity contribution in [1.29, 1.82) is 0 Å². The second kappa shape index (κ2) is 4.35. The predicted molar refractivity (Wildman–Crippen MR) is 64.5 cm³/mol. The summed E-state index contributed by atoms with van der Waals surface area (Å²) in [6, 6.07) is 8.34.